The van der Waals surface area contributed by atoms with E-state index in [1.807, 2.05) is 6.07 Å². The molecule has 0 atom stereocenters. The molecule has 1 aromatic carbocycles. The monoisotopic (exact) mass is 260 g/mol. The first kappa shape index (κ1) is 12.7. The van der Waals surface area contributed by atoms with E-state index in [1.54, 1.807) is 12.1 Å². The van der Waals surface area contributed by atoms with Gasteiger partial charge in [-0.05, 0) is 18.2 Å². The average Bonchev–Trinajstić information content (AvgIpc) is 2.40. The van der Waals surface area contributed by atoms with E-state index in [2.05, 4.69) is 21.9 Å². The average molecular weight is 261 g/mol. The minimum Gasteiger partial charge on any atom is -0.368 e. The predicted molar refractivity (Wildman–Crippen MR) is 70.4 cm³/mol. The molecule has 2 rings (SSSR count). The van der Waals surface area contributed by atoms with Gasteiger partial charge >= 0.3 is 0 Å². The van der Waals surface area contributed by atoms with Gasteiger partial charge in [0.2, 0.25) is 0 Å². The third-order valence-corrected chi connectivity index (χ3v) is 3.32. The van der Waals surface area contributed by atoms with Crippen LogP contribution in [0.15, 0.2) is 18.2 Å². The highest BCUT2D eigenvalue weighted by molar-refractivity contribution is 6.30. The predicted octanol–water partition coefficient (Wildman–Crippen LogP) is 1.86. The summed E-state index contributed by atoms with van der Waals surface area (Å²) < 4.78 is 0. The molecule has 1 saturated heterocycles. The van der Waals surface area contributed by atoms with Crippen LogP contribution in [0.3, 0.4) is 0 Å². The third kappa shape index (κ3) is 2.73. The van der Waals surface area contributed by atoms with Crippen LogP contribution >= 0.6 is 11.6 Å². The van der Waals surface area contributed by atoms with Crippen molar-refractivity contribution in [2.24, 2.45) is 0 Å². The molecule has 18 heavy (non-hydrogen) atoms. The molecule has 1 heterocycles. The standard InChI is InChI=1S/C13H13ClN4/c14-12-2-1-11(10-16)13(9-12)18-7-5-17(4-3-15)6-8-18/h1-2,9H,4-8H2. The van der Waals surface area contributed by atoms with Crippen LogP contribution in [0.5, 0.6) is 0 Å². The molecule has 0 saturated carbocycles. The number of rotatable bonds is 2. The minimum absolute atomic E-state index is 0.467. The second-order valence-electron chi connectivity index (χ2n) is 4.19. The van der Waals surface area contributed by atoms with Gasteiger partial charge in [0.25, 0.3) is 0 Å². The normalized spacial score (nSPS) is 16.1. The Morgan fingerprint density at radius 2 is 1.89 bits per heavy atom. The van der Waals surface area contributed by atoms with Gasteiger partial charge in [-0.2, -0.15) is 10.5 Å². The zero-order valence-corrected chi connectivity index (χ0v) is 10.7. The fourth-order valence-corrected chi connectivity index (χ4v) is 2.27. The lowest BCUT2D eigenvalue weighted by molar-refractivity contribution is 0.287. The molecule has 0 aliphatic carbocycles. The fraction of sp³-hybridized carbons (Fsp3) is 0.385. The molecule has 1 aliphatic heterocycles. The maximum absolute atomic E-state index is 9.10. The largest absolute Gasteiger partial charge is 0.368 e. The summed E-state index contributed by atoms with van der Waals surface area (Å²) in [6.45, 7) is 3.78. The maximum atomic E-state index is 9.10. The Balaban J connectivity index is 2.12. The summed E-state index contributed by atoms with van der Waals surface area (Å²) >= 11 is 5.98. The van der Waals surface area contributed by atoms with Gasteiger partial charge in [0.15, 0.2) is 0 Å². The summed E-state index contributed by atoms with van der Waals surface area (Å²) in [7, 11) is 0. The molecule has 0 amide bonds. The number of piperazine rings is 1. The highest BCUT2D eigenvalue weighted by Crippen LogP contribution is 2.25. The van der Waals surface area contributed by atoms with Crippen LogP contribution in [-0.2, 0) is 0 Å². The molecule has 1 aliphatic rings. The Hall–Kier alpha value is -1.75. The van der Waals surface area contributed by atoms with E-state index in [0.717, 1.165) is 31.9 Å². The smallest absolute Gasteiger partial charge is 0.101 e. The minimum atomic E-state index is 0.467. The number of nitrogens with zero attached hydrogens (tertiary/aromatic N) is 4. The number of hydrogen-bond donors (Lipinski definition) is 0. The lowest BCUT2D eigenvalue weighted by Crippen LogP contribution is -2.46. The van der Waals surface area contributed by atoms with Crippen LogP contribution in [0.25, 0.3) is 0 Å². The number of anilines is 1. The molecule has 92 valence electrons. The van der Waals surface area contributed by atoms with Gasteiger partial charge in [-0.1, -0.05) is 11.6 Å². The van der Waals surface area contributed by atoms with E-state index in [1.165, 1.54) is 0 Å². The number of benzene rings is 1. The van der Waals surface area contributed by atoms with Crippen LogP contribution in [0.2, 0.25) is 5.02 Å². The number of halogens is 1. The van der Waals surface area contributed by atoms with Crippen molar-refractivity contribution in [3.8, 4) is 12.1 Å². The molecular weight excluding hydrogens is 248 g/mol. The Labute approximate surface area is 112 Å². The van der Waals surface area contributed by atoms with Crippen molar-refractivity contribution >= 4 is 17.3 Å². The maximum Gasteiger partial charge on any atom is 0.101 e. The van der Waals surface area contributed by atoms with E-state index < -0.39 is 0 Å². The first-order chi connectivity index (χ1) is 8.74. The summed E-state index contributed by atoms with van der Waals surface area (Å²) in [5.74, 6) is 0. The molecule has 0 aromatic heterocycles. The highest BCUT2D eigenvalue weighted by Gasteiger charge is 2.19. The third-order valence-electron chi connectivity index (χ3n) is 3.09. The number of nitriles is 2. The van der Waals surface area contributed by atoms with Crippen molar-refractivity contribution in [3.63, 3.8) is 0 Å². The van der Waals surface area contributed by atoms with E-state index in [0.29, 0.717) is 17.1 Å². The first-order valence-electron chi connectivity index (χ1n) is 5.78. The van der Waals surface area contributed by atoms with Crippen molar-refractivity contribution in [2.45, 2.75) is 0 Å². The van der Waals surface area contributed by atoms with Crippen LogP contribution < -0.4 is 4.90 Å². The van der Waals surface area contributed by atoms with Gasteiger partial charge in [-0.3, -0.25) is 4.90 Å². The second kappa shape index (κ2) is 5.73. The van der Waals surface area contributed by atoms with Gasteiger partial charge < -0.3 is 4.90 Å². The van der Waals surface area contributed by atoms with E-state index in [9.17, 15) is 0 Å². The summed E-state index contributed by atoms with van der Waals surface area (Å²) in [4.78, 5) is 4.26. The summed E-state index contributed by atoms with van der Waals surface area (Å²) in [6.07, 6.45) is 0. The molecule has 1 aromatic rings. The van der Waals surface area contributed by atoms with Crippen molar-refractivity contribution in [1.29, 1.82) is 10.5 Å². The van der Waals surface area contributed by atoms with Gasteiger partial charge in [0.1, 0.15) is 6.07 Å². The molecule has 1 fully saturated rings. The SMILES string of the molecule is N#CCN1CCN(c2cc(Cl)ccc2C#N)CC1. The number of hydrogen-bond acceptors (Lipinski definition) is 4. The van der Waals surface area contributed by atoms with Crippen molar-refractivity contribution in [3.05, 3.63) is 28.8 Å². The Morgan fingerprint density at radius 1 is 1.17 bits per heavy atom. The zero-order valence-electron chi connectivity index (χ0n) is 9.93. The zero-order chi connectivity index (χ0) is 13.0. The molecule has 0 radical (unpaired) electrons. The summed E-state index contributed by atoms with van der Waals surface area (Å²) in [5, 5.41) is 18.4. The fourth-order valence-electron chi connectivity index (χ4n) is 2.11. The van der Waals surface area contributed by atoms with E-state index in [4.69, 9.17) is 22.1 Å². The van der Waals surface area contributed by atoms with Gasteiger partial charge in [-0.15, -0.1) is 0 Å². The van der Waals surface area contributed by atoms with Crippen LogP contribution in [0.1, 0.15) is 5.56 Å². The highest BCUT2D eigenvalue weighted by atomic mass is 35.5. The lowest BCUT2D eigenvalue weighted by atomic mass is 10.1. The van der Waals surface area contributed by atoms with Crippen LogP contribution in [0.4, 0.5) is 5.69 Å². The second-order valence-corrected chi connectivity index (χ2v) is 4.63. The van der Waals surface area contributed by atoms with Crippen molar-refractivity contribution in [1.82, 2.24) is 4.90 Å². The summed E-state index contributed by atoms with van der Waals surface area (Å²) in [5.41, 5.74) is 1.54. The Kier molecular flexibility index (Phi) is 4.04. The molecule has 5 heteroatoms. The Morgan fingerprint density at radius 3 is 2.50 bits per heavy atom. The first-order valence-corrected chi connectivity index (χ1v) is 6.16. The Bertz CT molecular complexity index is 507. The molecule has 0 unspecified atom stereocenters. The molecule has 0 N–H and O–H groups in total. The van der Waals surface area contributed by atoms with E-state index >= 15 is 0 Å². The van der Waals surface area contributed by atoms with Gasteiger partial charge in [0.05, 0.1) is 23.9 Å². The van der Waals surface area contributed by atoms with Crippen molar-refractivity contribution in [2.75, 3.05) is 37.6 Å². The molecular formula is C13H13ClN4. The van der Waals surface area contributed by atoms with Crippen LogP contribution in [0, 0.1) is 22.7 Å². The van der Waals surface area contributed by atoms with Crippen molar-refractivity contribution < 1.29 is 0 Å². The summed E-state index contributed by atoms with van der Waals surface area (Å²) in [6, 6.07) is 9.66. The van der Waals surface area contributed by atoms with Gasteiger partial charge in [-0.25, -0.2) is 0 Å². The van der Waals surface area contributed by atoms with Crippen LogP contribution in [-0.4, -0.2) is 37.6 Å². The molecule has 0 bridgehead atoms. The quantitative estimate of drug-likeness (QED) is 0.762. The lowest BCUT2D eigenvalue weighted by Gasteiger charge is -2.35. The molecule has 0 spiro atoms. The van der Waals surface area contributed by atoms with E-state index in [-0.39, 0.29) is 0 Å². The topological polar surface area (TPSA) is 54.1 Å². The molecule has 4 nitrogen and oxygen atoms in total. The van der Waals surface area contributed by atoms with Gasteiger partial charge in [0, 0.05) is 31.2 Å².